The van der Waals surface area contributed by atoms with E-state index in [9.17, 15) is 9.59 Å². The minimum atomic E-state index is -0.638. The van der Waals surface area contributed by atoms with Crippen molar-refractivity contribution in [1.82, 2.24) is 15.1 Å². The molecule has 220 valence electrons. The molecule has 0 saturated carbocycles. The first-order valence-corrected chi connectivity index (χ1v) is 14.7. The molecular formula is C32H50N6O2. The van der Waals surface area contributed by atoms with Crippen LogP contribution < -0.4 is 22.5 Å². The molecule has 2 aromatic carbocycles. The predicted octanol–water partition coefficient (Wildman–Crippen LogP) is 2.12. The Morgan fingerprint density at radius 3 is 1.88 bits per heavy atom. The topological polar surface area (TPSA) is 131 Å². The Kier molecular flexibility index (Phi) is 11.7. The molecule has 0 radical (unpaired) electrons. The summed E-state index contributed by atoms with van der Waals surface area (Å²) in [6, 6.07) is 10.9. The quantitative estimate of drug-likeness (QED) is 0.300. The van der Waals surface area contributed by atoms with Gasteiger partial charge in [-0.15, -0.1) is 0 Å². The maximum atomic E-state index is 13.7. The Hall–Kier alpha value is -2.78. The lowest BCUT2D eigenvalue weighted by Gasteiger charge is -2.47. The fraction of sp³-hybridized carbons (Fsp3) is 0.562. The van der Waals surface area contributed by atoms with Gasteiger partial charge in [-0.1, -0.05) is 47.5 Å². The zero-order valence-corrected chi connectivity index (χ0v) is 25.1. The molecule has 0 spiro atoms. The van der Waals surface area contributed by atoms with Crippen molar-refractivity contribution >= 4 is 11.8 Å². The minimum absolute atomic E-state index is 0.0570. The van der Waals surface area contributed by atoms with Crippen LogP contribution in [0, 0.1) is 27.7 Å². The van der Waals surface area contributed by atoms with Crippen LogP contribution in [0.4, 0.5) is 0 Å². The maximum absolute atomic E-state index is 13.7. The number of rotatable bonds is 12. The van der Waals surface area contributed by atoms with Gasteiger partial charge in [-0.3, -0.25) is 9.59 Å². The van der Waals surface area contributed by atoms with Crippen LogP contribution in [0.3, 0.4) is 0 Å². The molecule has 3 rings (SSSR count). The summed E-state index contributed by atoms with van der Waals surface area (Å²) in [6.45, 7) is 13.3. The Morgan fingerprint density at radius 2 is 1.38 bits per heavy atom. The molecule has 8 nitrogen and oxygen atoms in total. The second kappa shape index (κ2) is 14.7. The molecule has 1 aliphatic rings. The number of carbonyl (C=O) groups is 2. The summed E-state index contributed by atoms with van der Waals surface area (Å²) in [5.41, 5.74) is 25.5. The Morgan fingerprint density at radius 1 is 0.850 bits per heavy atom. The van der Waals surface area contributed by atoms with Crippen molar-refractivity contribution in [2.75, 3.05) is 32.7 Å². The fourth-order valence-corrected chi connectivity index (χ4v) is 5.78. The first-order valence-electron chi connectivity index (χ1n) is 14.7. The molecule has 8 heteroatoms. The molecule has 1 fully saturated rings. The third-order valence-electron chi connectivity index (χ3n) is 8.13. The number of piperazine rings is 1. The predicted molar refractivity (Wildman–Crippen MR) is 163 cm³/mol. The number of benzene rings is 2. The summed E-state index contributed by atoms with van der Waals surface area (Å²) in [5.74, 6) is -0.121. The van der Waals surface area contributed by atoms with E-state index in [1.54, 1.807) is 0 Å². The van der Waals surface area contributed by atoms with E-state index < -0.39 is 12.1 Å². The van der Waals surface area contributed by atoms with Crippen LogP contribution in [0.15, 0.2) is 36.4 Å². The van der Waals surface area contributed by atoms with E-state index in [1.807, 2.05) is 16.7 Å². The van der Waals surface area contributed by atoms with Crippen LogP contribution in [0.25, 0.3) is 0 Å². The lowest BCUT2D eigenvalue weighted by atomic mass is 9.95. The number of hydrogen-bond donors (Lipinski definition) is 4. The van der Waals surface area contributed by atoms with Gasteiger partial charge < -0.3 is 32.3 Å². The van der Waals surface area contributed by atoms with Crippen molar-refractivity contribution in [1.29, 1.82) is 0 Å². The zero-order valence-electron chi connectivity index (χ0n) is 25.1. The molecular weight excluding hydrogens is 500 g/mol. The largest absolute Gasteiger partial charge is 0.335 e. The Balaban J connectivity index is 1.73. The van der Waals surface area contributed by atoms with E-state index in [1.165, 1.54) is 11.1 Å². The molecule has 2 aromatic rings. The van der Waals surface area contributed by atoms with Crippen molar-refractivity contribution in [3.63, 3.8) is 0 Å². The number of carbonyl (C=O) groups excluding carboxylic acids is 2. The first kappa shape index (κ1) is 31.7. The summed E-state index contributed by atoms with van der Waals surface area (Å²) in [4.78, 5) is 31.1. The smallest absolute Gasteiger partial charge is 0.240 e. The van der Waals surface area contributed by atoms with E-state index in [4.69, 9.17) is 17.2 Å². The van der Waals surface area contributed by atoms with Gasteiger partial charge in [0.25, 0.3) is 0 Å². The summed E-state index contributed by atoms with van der Waals surface area (Å²) in [6.07, 6.45) is 2.61. The van der Waals surface area contributed by atoms with Gasteiger partial charge in [-0.25, -0.2) is 0 Å². The SMILES string of the molecule is Cc1ccc(CC(N)C(=O)N2C[C@@H](C)N(C(=O)C(N)Cc3ccc(C)cc3C)CC2CCCNCCN)c(C)c1. The average molecular weight is 551 g/mol. The zero-order chi connectivity index (χ0) is 29.4. The summed E-state index contributed by atoms with van der Waals surface area (Å²) in [7, 11) is 0. The highest BCUT2D eigenvalue weighted by molar-refractivity contribution is 5.85. The summed E-state index contributed by atoms with van der Waals surface area (Å²) >= 11 is 0. The van der Waals surface area contributed by atoms with E-state index >= 15 is 0 Å². The van der Waals surface area contributed by atoms with Crippen LogP contribution in [0.5, 0.6) is 0 Å². The number of nitrogens with two attached hydrogens (primary N) is 3. The molecule has 0 bridgehead atoms. The van der Waals surface area contributed by atoms with E-state index in [0.717, 1.165) is 48.2 Å². The standard InChI is InChI=1S/C32H50N6O2/c1-21-8-10-26(23(3)15-21)17-29(34)31(39)37-20-28(7-6-13-36-14-12-33)38(19-25(37)5)32(40)30(35)18-27-11-9-22(2)16-24(27)4/h8-11,15-16,25,28-30,36H,6-7,12-14,17-20,33-35H2,1-5H3/t25-,28?,29?,30?/m1/s1. The molecule has 40 heavy (non-hydrogen) atoms. The third-order valence-corrected chi connectivity index (χ3v) is 8.13. The highest BCUT2D eigenvalue weighted by atomic mass is 16.2. The Labute approximate surface area is 240 Å². The van der Waals surface area contributed by atoms with Crippen molar-refractivity contribution in [3.8, 4) is 0 Å². The van der Waals surface area contributed by atoms with Crippen molar-refractivity contribution in [2.45, 2.75) is 84.5 Å². The average Bonchev–Trinajstić information content (AvgIpc) is 2.91. The number of aryl methyl sites for hydroxylation is 4. The lowest BCUT2D eigenvalue weighted by molar-refractivity contribution is -0.148. The lowest BCUT2D eigenvalue weighted by Crippen LogP contribution is -2.64. The van der Waals surface area contributed by atoms with Crippen LogP contribution in [-0.2, 0) is 22.4 Å². The number of amides is 2. The van der Waals surface area contributed by atoms with Crippen molar-refractivity contribution in [2.24, 2.45) is 17.2 Å². The summed E-state index contributed by atoms with van der Waals surface area (Å²) in [5, 5.41) is 3.33. The van der Waals surface area contributed by atoms with Crippen LogP contribution in [0.2, 0.25) is 0 Å². The molecule has 3 unspecified atom stereocenters. The summed E-state index contributed by atoms with van der Waals surface area (Å²) < 4.78 is 0. The van der Waals surface area contributed by atoms with E-state index in [0.29, 0.717) is 32.5 Å². The van der Waals surface area contributed by atoms with Crippen LogP contribution in [-0.4, -0.2) is 78.5 Å². The van der Waals surface area contributed by atoms with Gasteiger partial charge in [0.2, 0.25) is 11.8 Å². The second-order valence-corrected chi connectivity index (χ2v) is 11.6. The molecule has 2 amide bonds. The molecule has 0 aliphatic carbocycles. The molecule has 4 atom stereocenters. The molecule has 7 N–H and O–H groups in total. The number of nitrogens with one attached hydrogen (secondary N) is 1. The molecule has 1 heterocycles. The van der Waals surface area contributed by atoms with Gasteiger partial charge >= 0.3 is 0 Å². The van der Waals surface area contributed by atoms with Gasteiger partial charge in [0, 0.05) is 38.3 Å². The normalized spacial score (nSPS) is 19.0. The maximum Gasteiger partial charge on any atom is 0.240 e. The van der Waals surface area contributed by atoms with Gasteiger partial charge in [-0.2, -0.15) is 0 Å². The van der Waals surface area contributed by atoms with Gasteiger partial charge in [0.05, 0.1) is 12.1 Å². The highest BCUT2D eigenvalue weighted by Gasteiger charge is 2.39. The van der Waals surface area contributed by atoms with E-state index in [-0.39, 0.29) is 23.9 Å². The first-order chi connectivity index (χ1) is 19.0. The fourth-order valence-electron chi connectivity index (χ4n) is 5.78. The van der Waals surface area contributed by atoms with Gasteiger partial charge in [-0.05, 0) is 89.1 Å². The van der Waals surface area contributed by atoms with Gasteiger partial charge in [0.1, 0.15) is 0 Å². The molecule has 1 aliphatic heterocycles. The highest BCUT2D eigenvalue weighted by Crippen LogP contribution is 2.23. The van der Waals surface area contributed by atoms with Crippen molar-refractivity contribution in [3.05, 3.63) is 69.8 Å². The van der Waals surface area contributed by atoms with Crippen LogP contribution >= 0.6 is 0 Å². The van der Waals surface area contributed by atoms with Crippen molar-refractivity contribution < 1.29 is 9.59 Å². The molecule has 0 aromatic heterocycles. The van der Waals surface area contributed by atoms with E-state index in [2.05, 4.69) is 69.4 Å². The third kappa shape index (κ3) is 8.36. The minimum Gasteiger partial charge on any atom is -0.335 e. The molecule has 1 saturated heterocycles. The number of nitrogens with zero attached hydrogens (tertiary/aromatic N) is 2. The monoisotopic (exact) mass is 550 g/mol. The van der Waals surface area contributed by atoms with Gasteiger partial charge in [0.15, 0.2) is 0 Å². The van der Waals surface area contributed by atoms with Crippen LogP contribution in [0.1, 0.15) is 53.1 Å². The second-order valence-electron chi connectivity index (χ2n) is 11.6. The Bertz CT molecular complexity index is 1150. The number of hydrogen-bond acceptors (Lipinski definition) is 6.